The van der Waals surface area contributed by atoms with Gasteiger partial charge in [-0.25, -0.2) is 4.39 Å². The molecule has 0 aromatic heterocycles. The summed E-state index contributed by atoms with van der Waals surface area (Å²) in [5, 5.41) is 3.49. The summed E-state index contributed by atoms with van der Waals surface area (Å²) in [5.74, 6) is 1.57. The van der Waals surface area contributed by atoms with E-state index in [1.807, 2.05) is 33.3 Å². The van der Waals surface area contributed by atoms with Crippen LogP contribution in [0.3, 0.4) is 0 Å². The van der Waals surface area contributed by atoms with Crippen molar-refractivity contribution in [2.45, 2.75) is 25.8 Å². The van der Waals surface area contributed by atoms with Gasteiger partial charge in [0.25, 0.3) is 0 Å². The van der Waals surface area contributed by atoms with Crippen molar-refractivity contribution in [2.75, 3.05) is 40.8 Å². The van der Waals surface area contributed by atoms with Gasteiger partial charge in [0.15, 0.2) is 5.96 Å². The molecule has 1 heterocycles. The number of likely N-dealkylation sites (N-methyl/N-ethyl adjacent to an activating group) is 1. The van der Waals surface area contributed by atoms with E-state index in [0.29, 0.717) is 0 Å². The highest BCUT2D eigenvalue weighted by Crippen LogP contribution is 2.19. The molecule has 1 aliphatic rings. The van der Waals surface area contributed by atoms with Gasteiger partial charge in [-0.05, 0) is 50.6 Å². The fourth-order valence-corrected chi connectivity index (χ4v) is 3.02. The maximum atomic E-state index is 13.1. The molecule has 136 valence electrons. The smallest absolute Gasteiger partial charge is 0.193 e. The number of hydrogen-bond donors (Lipinski definition) is 1. The van der Waals surface area contributed by atoms with Gasteiger partial charge in [-0.1, -0.05) is 19.1 Å². The summed E-state index contributed by atoms with van der Waals surface area (Å²) in [4.78, 5) is 8.90. The van der Waals surface area contributed by atoms with Crippen molar-refractivity contribution < 1.29 is 4.39 Å². The number of rotatable bonds is 4. The summed E-state index contributed by atoms with van der Waals surface area (Å²) >= 11 is 0. The van der Waals surface area contributed by atoms with Gasteiger partial charge >= 0.3 is 0 Å². The number of piperidine rings is 1. The number of halogens is 2. The normalized spacial score (nSPS) is 17.6. The Morgan fingerprint density at radius 1 is 1.29 bits per heavy atom. The SMILES string of the molecule is CN=C(NCC(c1ccc(F)cc1)N(C)C)N1CCC(C)CC1.I. The number of likely N-dealkylation sites (tertiary alicyclic amines) is 1. The lowest BCUT2D eigenvalue weighted by Gasteiger charge is -2.34. The van der Waals surface area contributed by atoms with E-state index in [9.17, 15) is 4.39 Å². The minimum atomic E-state index is -0.197. The number of nitrogens with zero attached hydrogens (tertiary/aromatic N) is 3. The molecule has 1 aromatic rings. The molecular formula is C18H30FIN4. The van der Waals surface area contributed by atoms with Gasteiger partial charge < -0.3 is 15.1 Å². The van der Waals surface area contributed by atoms with E-state index in [2.05, 4.69) is 27.0 Å². The fourth-order valence-electron chi connectivity index (χ4n) is 3.02. The number of hydrogen-bond acceptors (Lipinski definition) is 2. The molecule has 24 heavy (non-hydrogen) atoms. The summed E-state index contributed by atoms with van der Waals surface area (Å²) in [6, 6.07) is 6.93. The highest BCUT2D eigenvalue weighted by molar-refractivity contribution is 14.0. The van der Waals surface area contributed by atoms with Crippen LogP contribution in [0.15, 0.2) is 29.3 Å². The first-order valence-corrected chi connectivity index (χ1v) is 8.38. The van der Waals surface area contributed by atoms with Gasteiger partial charge in [0, 0.05) is 26.7 Å². The second-order valence-electron chi connectivity index (χ2n) is 6.63. The summed E-state index contributed by atoms with van der Waals surface area (Å²) in [5.41, 5.74) is 1.10. The van der Waals surface area contributed by atoms with Crippen molar-refractivity contribution in [3.63, 3.8) is 0 Å². The van der Waals surface area contributed by atoms with Crippen molar-refractivity contribution in [3.05, 3.63) is 35.6 Å². The average molecular weight is 448 g/mol. The van der Waals surface area contributed by atoms with E-state index < -0.39 is 0 Å². The zero-order valence-corrected chi connectivity index (χ0v) is 17.5. The lowest BCUT2D eigenvalue weighted by molar-refractivity contribution is 0.264. The Morgan fingerprint density at radius 2 is 1.88 bits per heavy atom. The topological polar surface area (TPSA) is 30.9 Å². The van der Waals surface area contributed by atoms with Crippen LogP contribution in [0, 0.1) is 11.7 Å². The molecule has 1 saturated heterocycles. The number of aliphatic imine (C=N–C) groups is 1. The summed E-state index contributed by atoms with van der Waals surface area (Å²) in [6.07, 6.45) is 2.44. The second-order valence-corrected chi connectivity index (χ2v) is 6.63. The molecule has 0 aliphatic carbocycles. The van der Waals surface area contributed by atoms with Crippen molar-refractivity contribution in [3.8, 4) is 0 Å². The maximum Gasteiger partial charge on any atom is 0.193 e. The first-order chi connectivity index (χ1) is 11.0. The molecule has 1 aromatic carbocycles. The maximum absolute atomic E-state index is 13.1. The largest absolute Gasteiger partial charge is 0.354 e. The van der Waals surface area contributed by atoms with Gasteiger partial charge in [0.1, 0.15) is 5.82 Å². The molecule has 1 atom stereocenters. The standard InChI is InChI=1S/C18H29FN4.HI/c1-14-9-11-23(12-10-14)18(20-2)21-13-17(22(3)4)15-5-7-16(19)8-6-15;/h5-8,14,17H,9-13H2,1-4H3,(H,20,21);1H. The van der Waals surface area contributed by atoms with Crippen LogP contribution < -0.4 is 5.32 Å². The molecule has 1 fully saturated rings. The van der Waals surface area contributed by atoms with E-state index in [-0.39, 0.29) is 35.8 Å². The van der Waals surface area contributed by atoms with Crippen molar-refractivity contribution in [1.29, 1.82) is 0 Å². The van der Waals surface area contributed by atoms with Crippen LogP contribution in [0.5, 0.6) is 0 Å². The van der Waals surface area contributed by atoms with Gasteiger partial charge in [-0.3, -0.25) is 4.99 Å². The van der Waals surface area contributed by atoms with E-state index in [1.165, 1.54) is 25.0 Å². The first kappa shape index (κ1) is 21.2. The predicted molar refractivity (Wildman–Crippen MR) is 110 cm³/mol. The van der Waals surface area contributed by atoms with Crippen LogP contribution in [0.1, 0.15) is 31.4 Å². The molecule has 2 rings (SSSR count). The van der Waals surface area contributed by atoms with Crippen LogP contribution in [-0.2, 0) is 0 Å². The first-order valence-electron chi connectivity index (χ1n) is 8.38. The Balaban J connectivity index is 0.00000288. The Kier molecular flexibility index (Phi) is 8.97. The summed E-state index contributed by atoms with van der Waals surface area (Å²) in [6.45, 7) is 5.18. The van der Waals surface area contributed by atoms with Crippen LogP contribution in [0.4, 0.5) is 4.39 Å². The third kappa shape index (κ3) is 5.88. The molecule has 1 N–H and O–H groups in total. The monoisotopic (exact) mass is 448 g/mol. The molecule has 6 heteroatoms. The highest BCUT2D eigenvalue weighted by atomic mass is 127. The molecule has 0 spiro atoms. The minimum absolute atomic E-state index is 0. The molecule has 4 nitrogen and oxygen atoms in total. The Hall–Kier alpha value is -0.890. The van der Waals surface area contributed by atoms with E-state index in [1.54, 1.807) is 0 Å². The summed E-state index contributed by atoms with van der Waals surface area (Å²) < 4.78 is 13.1. The van der Waals surface area contributed by atoms with Crippen molar-refractivity contribution in [1.82, 2.24) is 15.1 Å². The van der Waals surface area contributed by atoms with Crippen LogP contribution >= 0.6 is 24.0 Å². The number of guanidine groups is 1. The van der Waals surface area contributed by atoms with E-state index in [0.717, 1.165) is 37.1 Å². The summed E-state index contributed by atoms with van der Waals surface area (Å²) in [7, 11) is 5.92. The number of nitrogens with one attached hydrogen (secondary N) is 1. The zero-order valence-electron chi connectivity index (χ0n) is 15.1. The van der Waals surface area contributed by atoms with Crippen molar-refractivity contribution in [2.24, 2.45) is 10.9 Å². The quantitative estimate of drug-likeness (QED) is 0.436. The molecule has 1 aliphatic heterocycles. The Bertz CT molecular complexity index is 510. The van der Waals surface area contributed by atoms with Crippen LogP contribution in [0.25, 0.3) is 0 Å². The zero-order chi connectivity index (χ0) is 16.8. The highest BCUT2D eigenvalue weighted by Gasteiger charge is 2.20. The lowest BCUT2D eigenvalue weighted by atomic mass is 9.99. The van der Waals surface area contributed by atoms with Gasteiger partial charge in [0.05, 0.1) is 6.04 Å². The minimum Gasteiger partial charge on any atom is -0.354 e. The van der Waals surface area contributed by atoms with E-state index >= 15 is 0 Å². The molecule has 1 unspecified atom stereocenters. The number of benzene rings is 1. The van der Waals surface area contributed by atoms with Crippen molar-refractivity contribution >= 4 is 29.9 Å². The van der Waals surface area contributed by atoms with Gasteiger partial charge in [-0.2, -0.15) is 0 Å². The van der Waals surface area contributed by atoms with Crippen LogP contribution in [-0.4, -0.2) is 56.5 Å². The molecular weight excluding hydrogens is 418 g/mol. The third-order valence-electron chi connectivity index (χ3n) is 4.63. The Morgan fingerprint density at radius 3 is 2.38 bits per heavy atom. The third-order valence-corrected chi connectivity index (χ3v) is 4.63. The van der Waals surface area contributed by atoms with E-state index in [4.69, 9.17) is 0 Å². The molecule has 0 radical (unpaired) electrons. The molecule has 0 amide bonds. The Labute approximate surface area is 162 Å². The fraction of sp³-hybridized carbons (Fsp3) is 0.611. The average Bonchev–Trinajstić information content (AvgIpc) is 2.54. The second kappa shape index (κ2) is 10.2. The van der Waals surface area contributed by atoms with Gasteiger partial charge in [0.2, 0.25) is 0 Å². The predicted octanol–water partition coefficient (Wildman–Crippen LogP) is 3.35. The lowest BCUT2D eigenvalue weighted by Crippen LogP contribution is -2.47. The van der Waals surface area contributed by atoms with Crippen LogP contribution in [0.2, 0.25) is 0 Å². The molecule has 0 saturated carbocycles. The molecule has 0 bridgehead atoms. The van der Waals surface area contributed by atoms with Gasteiger partial charge in [-0.15, -0.1) is 24.0 Å².